The molecule has 5 nitrogen and oxygen atoms in total. The van der Waals surface area contributed by atoms with E-state index in [1.807, 2.05) is 0 Å². The molecular formula is C7H4Cl2N4O. The highest BCUT2D eigenvalue weighted by Gasteiger charge is 2.13. The van der Waals surface area contributed by atoms with E-state index < -0.39 is 5.24 Å². The van der Waals surface area contributed by atoms with Crippen LogP contribution in [-0.2, 0) is 7.05 Å². The van der Waals surface area contributed by atoms with E-state index in [0.717, 1.165) is 0 Å². The molecule has 7 heteroatoms. The molecule has 0 aliphatic carbocycles. The van der Waals surface area contributed by atoms with Gasteiger partial charge in [0.2, 0.25) is 5.82 Å². The molecular weight excluding hydrogens is 227 g/mol. The summed E-state index contributed by atoms with van der Waals surface area (Å²) >= 11 is 11.0. The fourth-order valence-electron chi connectivity index (χ4n) is 1.08. The Balaban J connectivity index is 2.82. The molecule has 0 fully saturated rings. The molecule has 2 heterocycles. The van der Waals surface area contributed by atoms with Gasteiger partial charge in [0.1, 0.15) is 5.15 Å². The second-order valence-corrected chi connectivity index (χ2v) is 3.32. The molecule has 0 atom stereocenters. The lowest BCUT2D eigenvalue weighted by molar-refractivity contribution is 0.107. The van der Waals surface area contributed by atoms with Gasteiger partial charge >= 0.3 is 0 Å². The lowest BCUT2D eigenvalue weighted by atomic mass is 10.4. The summed E-state index contributed by atoms with van der Waals surface area (Å²) in [4.78, 5) is 18.5. The normalized spacial score (nSPS) is 10.8. The number of fused-ring (bicyclic) bond motifs is 1. The minimum atomic E-state index is -0.741. The van der Waals surface area contributed by atoms with E-state index in [4.69, 9.17) is 23.2 Å². The molecule has 0 aliphatic heterocycles. The summed E-state index contributed by atoms with van der Waals surface area (Å²) in [7, 11) is 1.69. The number of hydrogen-bond acceptors (Lipinski definition) is 4. The van der Waals surface area contributed by atoms with Gasteiger partial charge < -0.3 is 0 Å². The summed E-state index contributed by atoms with van der Waals surface area (Å²) in [6.07, 6.45) is 1.53. The topological polar surface area (TPSA) is 60.7 Å². The Morgan fingerprint density at radius 2 is 2.21 bits per heavy atom. The van der Waals surface area contributed by atoms with E-state index in [1.54, 1.807) is 7.05 Å². The van der Waals surface area contributed by atoms with Crippen molar-refractivity contribution in [2.75, 3.05) is 0 Å². The molecule has 0 radical (unpaired) electrons. The van der Waals surface area contributed by atoms with Crippen molar-refractivity contribution < 1.29 is 4.79 Å². The first-order chi connectivity index (χ1) is 6.59. The highest BCUT2D eigenvalue weighted by molar-refractivity contribution is 6.67. The first-order valence-corrected chi connectivity index (χ1v) is 4.40. The average molecular weight is 231 g/mol. The molecule has 0 saturated carbocycles. The maximum absolute atomic E-state index is 10.8. The lowest BCUT2D eigenvalue weighted by Crippen LogP contribution is -2.01. The van der Waals surface area contributed by atoms with Crippen LogP contribution >= 0.6 is 23.2 Å². The number of carbonyl (C=O) groups is 1. The Hall–Kier alpha value is -1.20. The molecule has 2 aromatic heterocycles. The van der Waals surface area contributed by atoms with Crippen molar-refractivity contribution in [2.24, 2.45) is 7.05 Å². The minimum Gasteiger partial charge on any atom is -0.272 e. The van der Waals surface area contributed by atoms with E-state index in [9.17, 15) is 4.79 Å². The van der Waals surface area contributed by atoms with Crippen LogP contribution in [0.15, 0.2) is 6.20 Å². The zero-order valence-corrected chi connectivity index (χ0v) is 8.54. The third-order valence-electron chi connectivity index (χ3n) is 1.72. The quantitative estimate of drug-likeness (QED) is 0.549. The second kappa shape index (κ2) is 3.18. The fraction of sp³-hybridized carbons (Fsp3) is 0.143. The van der Waals surface area contributed by atoms with Gasteiger partial charge in [-0.1, -0.05) is 11.6 Å². The third kappa shape index (κ3) is 1.34. The van der Waals surface area contributed by atoms with E-state index in [1.165, 1.54) is 10.9 Å². The van der Waals surface area contributed by atoms with E-state index >= 15 is 0 Å². The van der Waals surface area contributed by atoms with Gasteiger partial charge in [-0.2, -0.15) is 5.10 Å². The number of nitrogens with zero attached hydrogens (tertiary/aromatic N) is 4. The third-order valence-corrected chi connectivity index (χ3v) is 2.18. The molecule has 2 rings (SSSR count). The Bertz CT molecular complexity index is 522. The van der Waals surface area contributed by atoms with Crippen LogP contribution in [-0.4, -0.2) is 25.0 Å². The number of aromatic nitrogens is 4. The summed E-state index contributed by atoms with van der Waals surface area (Å²) < 4.78 is 1.49. The van der Waals surface area contributed by atoms with E-state index in [0.29, 0.717) is 11.0 Å². The first kappa shape index (κ1) is 9.36. The molecule has 0 unspecified atom stereocenters. The van der Waals surface area contributed by atoms with Gasteiger partial charge in [-0.25, -0.2) is 9.97 Å². The van der Waals surface area contributed by atoms with Crippen molar-refractivity contribution in [3.05, 3.63) is 17.2 Å². The van der Waals surface area contributed by atoms with Gasteiger partial charge in [0.05, 0.1) is 11.6 Å². The molecule has 0 spiro atoms. The largest absolute Gasteiger partial charge is 0.289 e. The Labute approximate surface area is 88.7 Å². The molecule has 0 N–H and O–H groups in total. The van der Waals surface area contributed by atoms with Crippen LogP contribution in [0.2, 0.25) is 5.15 Å². The van der Waals surface area contributed by atoms with Crippen LogP contribution in [0.1, 0.15) is 10.6 Å². The van der Waals surface area contributed by atoms with Crippen LogP contribution in [0.4, 0.5) is 0 Å². The van der Waals surface area contributed by atoms with Crippen LogP contribution < -0.4 is 0 Å². The van der Waals surface area contributed by atoms with Crippen molar-refractivity contribution in [2.45, 2.75) is 0 Å². The molecule has 2 aromatic rings. The Morgan fingerprint density at radius 1 is 1.50 bits per heavy atom. The molecule has 0 amide bonds. The zero-order chi connectivity index (χ0) is 10.3. The van der Waals surface area contributed by atoms with Crippen molar-refractivity contribution in [3.8, 4) is 0 Å². The maximum Gasteiger partial charge on any atom is 0.289 e. The molecule has 0 aliphatic rings. The highest BCUT2D eigenvalue weighted by Crippen LogP contribution is 2.19. The summed E-state index contributed by atoms with van der Waals surface area (Å²) in [5.41, 5.74) is 0.481. The lowest BCUT2D eigenvalue weighted by Gasteiger charge is -1.97. The molecule has 0 aromatic carbocycles. The number of carbonyl (C=O) groups excluding carboxylic acids is 1. The number of halogens is 2. The van der Waals surface area contributed by atoms with Gasteiger partial charge in [-0.15, -0.1) is 0 Å². The molecule has 0 saturated heterocycles. The van der Waals surface area contributed by atoms with E-state index in [-0.39, 0.29) is 11.0 Å². The number of rotatable bonds is 1. The average Bonchev–Trinajstić information content (AvgIpc) is 2.48. The number of aryl methyl sites for hydroxylation is 1. The van der Waals surface area contributed by atoms with Gasteiger partial charge in [0.25, 0.3) is 5.24 Å². The zero-order valence-electron chi connectivity index (χ0n) is 7.03. The van der Waals surface area contributed by atoms with E-state index in [2.05, 4.69) is 15.1 Å². The fourth-order valence-corrected chi connectivity index (χ4v) is 1.37. The molecule has 14 heavy (non-hydrogen) atoms. The van der Waals surface area contributed by atoms with Crippen LogP contribution in [0, 0.1) is 0 Å². The second-order valence-electron chi connectivity index (χ2n) is 2.62. The van der Waals surface area contributed by atoms with Crippen LogP contribution in [0.5, 0.6) is 0 Å². The van der Waals surface area contributed by atoms with Gasteiger partial charge in [-0.05, 0) is 11.6 Å². The minimum absolute atomic E-state index is 0.118. The van der Waals surface area contributed by atoms with Crippen LogP contribution in [0.25, 0.3) is 11.0 Å². The van der Waals surface area contributed by atoms with Gasteiger partial charge in [-0.3, -0.25) is 9.48 Å². The summed E-state index contributed by atoms with van der Waals surface area (Å²) in [5.74, 6) is -0.118. The summed E-state index contributed by atoms with van der Waals surface area (Å²) in [6.45, 7) is 0. The predicted octanol–water partition coefficient (Wildman–Crippen LogP) is 1.40. The van der Waals surface area contributed by atoms with Gasteiger partial charge in [0, 0.05) is 7.05 Å². The van der Waals surface area contributed by atoms with Gasteiger partial charge in [0.15, 0.2) is 5.65 Å². The SMILES string of the molecule is Cn1ncc2c(Cl)nc(C(=O)Cl)nc21. The Kier molecular flexibility index (Phi) is 2.13. The number of hydrogen-bond donors (Lipinski definition) is 0. The standard InChI is InChI=1S/C7H4Cl2N4O/c1-13-7-3(2-10-13)4(8)11-6(12-7)5(9)14/h2H,1H3. The van der Waals surface area contributed by atoms with Crippen molar-refractivity contribution in [1.29, 1.82) is 0 Å². The van der Waals surface area contributed by atoms with Crippen molar-refractivity contribution in [1.82, 2.24) is 19.7 Å². The first-order valence-electron chi connectivity index (χ1n) is 3.64. The predicted molar refractivity (Wildman–Crippen MR) is 51.5 cm³/mol. The smallest absolute Gasteiger partial charge is 0.272 e. The monoisotopic (exact) mass is 230 g/mol. The Morgan fingerprint density at radius 3 is 2.86 bits per heavy atom. The van der Waals surface area contributed by atoms with Crippen molar-refractivity contribution in [3.63, 3.8) is 0 Å². The van der Waals surface area contributed by atoms with Crippen molar-refractivity contribution >= 4 is 39.5 Å². The molecule has 72 valence electrons. The summed E-state index contributed by atoms with van der Waals surface area (Å²) in [5, 5.41) is 3.96. The van der Waals surface area contributed by atoms with Crippen LogP contribution in [0.3, 0.4) is 0 Å². The highest BCUT2D eigenvalue weighted by atomic mass is 35.5. The molecule has 0 bridgehead atoms. The maximum atomic E-state index is 10.8. The summed E-state index contributed by atoms with van der Waals surface area (Å²) in [6, 6.07) is 0.